The Labute approximate surface area is 203 Å². The number of fused-ring (bicyclic) bond motifs is 3. The SMILES string of the molecule is CC[C@@]12CC[C@](O)(c3ccccc3)C[C@@H]1CCCc1cc(C(=O)Cc3cccnc3C)ccc12. The van der Waals surface area contributed by atoms with Gasteiger partial charge in [-0.15, -0.1) is 0 Å². The lowest BCUT2D eigenvalue weighted by molar-refractivity contribution is -0.0533. The van der Waals surface area contributed by atoms with Crippen molar-refractivity contribution in [1.82, 2.24) is 4.98 Å². The zero-order chi connectivity index (χ0) is 23.8. The van der Waals surface area contributed by atoms with Gasteiger partial charge in [0.05, 0.1) is 5.60 Å². The molecule has 3 nitrogen and oxygen atoms in total. The van der Waals surface area contributed by atoms with Crippen LogP contribution < -0.4 is 0 Å². The first-order chi connectivity index (χ1) is 16.4. The molecule has 0 radical (unpaired) electrons. The molecule has 1 aromatic heterocycles. The van der Waals surface area contributed by atoms with Crippen LogP contribution in [0.5, 0.6) is 0 Å². The molecule has 1 heterocycles. The predicted molar refractivity (Wildman–Crippen MR) is 136 cm³/mol. The summed E-state index contributed by atoms with van der Waals surface area (Å²) in [5.41, 5.74) is 5.87. The summed E-state index contributed by atoms with van der Waals surface area (Å²) < 4.78 is 0. The lowest BCUT2D eigenvalue weighted by Crippen LogP contribution is -2.46. The molecule has 2 aliphatic carbocycles. The van der Waals surface area contributed by atoms with Crippen molar-refractivity contribution < 1.29 is 9.90 Å². The first-order valence-electron chi connectivity index (χ1n) is 12.8. The van der Waals surface area contributed by atoms with E-state index in [1.165, 1.54) is 11.1 Å². The molecule has 0 amide bonds. The molecule has 176 valence electrons. The fourth-order valence-corrected chi connectivity index (χ4v) is 6.72. The number of hydrogen-bond donors (Lipinski definition) is 1. The number of rotatable bonds is 5. The third-order valence-corrected chi connectivity index (χ3v) is 8.72. The van der Waals surface area contributed by atoms with E-state index in [0.717, 1.165) is 67.3 Å². The summed E-state index contributed by atoms with van der Waals surface area (Å²) in [7, 11) is 0. The number of carbonyl (C=O) groups is 1. The van der Waals surface area contributed by atoms with Crippen LogP contribution in [0.15, 0.2) is 66.9 Å². The monoisotopic (exact) mass is 453 g/mol. The topological polar surface area (TPSA) is 50.2 Å². The molecule has 0 bridgehead atoms. The zero-order valence-electron chi connectivity index (χ0n) is 20.4. The number of Topliss-reactive ketones (excluding diaryl/α,β-unsaturated/α-hetero) is 1. The maximum Gasteiger partial charge on any atom is 0.167 e. The molecule has 1 saturated carbocycles. The van der Waals surface area contributed by atoms with Gasteiger partial charge < -0.3 is 5.11 Å². The van der Waals surface area contributed by atoms with E-state index in [1.807, 2.05) is 43.3 Å². The van der Waals surface area contributed by atoms with Gasteiger partial charge in [-0.2, -0.15) is 0 Å². The van der Waals surface area contributed by atoms with E-state index >= 15 is 0 Å². The summed E-state index contributed by atoms with van der Waals surface area (Å²) in [6.07, 6.45) is 9.03. The molecule has 0 aliphatic heterocycles. The number of aryl methyl sites for hydroxylation is 2. The highest BCUT2D eigenvalue weighted by molar-refractivity contribution is 5.97. The smallest absolute Gasteiger partial charge is 0.167 e. The number of aromatic nitrogens is 1. The Morgan fingerprint density at radius 3 is 2.68 bits per heavy atom. The van der Waals surface area contributed by atoms with Gasteiger partial charge >= 0.3 is 0 Å². The van der Waals surface area contributed by atoms with E-state index in [2.05, 4.69) is 36.2 Å². The minimum absolute atomic E-state index is 0.0777. The van der Waals surface area contributed by atoms with Crippen molar-refractivity contribution in [3.8, 4) is 0 Å². The molecule has 3 atom stereocenters. The van der Waals surface area contributed by atoms with E-state index in [4.69, 9.17) is 0 Å². The van der Waals surface area contributed by atoms with Crippen molar-refractivity contribution in [2.45, 2.75) is 76.2 Å². The molecule has 3 aromatic rings. The predicted octanol–water partition coefficient (Wildman–Crippen LogP) is 6.49. The number of pyridine rings is 1. The number of ketones is 1. The number of hydrogen-bond acceptors (Lipinski definition) is 3. The third kappa shape index (κ3) is 4.01. The molecule has 0 spiro atoms. The van der Waals surface area contributed by atoms with Crippen LogP contribution in [-0.2, 0) is 23.9 Å². The second kappa shape index (κ2) is 9.11. The Kier molecular flexibility index (Phi) is 6.16. The van der Waals surface area contributed by atoms with E-state index in [-0.39, 0.29) is 11.2 Å². The van der Waals surface area contributed by atoms with Gasteiger partial charge in [0, 0.05) is 23.9 Å². The molecule has 2 aromatic carbocycles. The highest BCUT2D eigenvalue weighted by atomic mass is 16.3. The summed E-state index contributed by atoms with van der Waals surface area (Å²) in [5.74, 6) is 0.602. The quantitative estimate of drug-likeness (QED) is 0.449. The fourth-order valence-electron chi connectivity index (χ4n) is 6.72. The van der Waals surface area contributed by atoms with Crippen molar-refractivity contribution in [2.75, 3.05) is 0 Å². The molecule has 5 rings (SSSR count). The number of carbonyl (C=O) groups excluding carboxylic acids is 1. The van der Waals surface area contributed by atoms with Crippen LogP contribution in [0.3, 0.4) is 0 Å². The average Bonchev–Trinajstić information content (AvgIpc) is 3.02. The van der Waals surface area contributed by atoms with Crippen LogP contribution >= 0.6 is 0 Å². The zero-order valence-corrected chi connectivity index (χ0v) is 20.4. The highest BCUT2D eigenvalue weighted by Crippen LogP contribution is 2.55. The van der Waals surface area contributed by atoms with Gasteiger partial charge in [0.15, 0.2) is 5.78 Å². The molecule has 3 heteroatoms. The minimum Gasteiger partial charge on any atom is -0.385 e. The van der Waals surface area contributed by atoms with E-state index in [1.54, 1.807) is 6.20 Å². The van der Waals surface area contributed by atoms with Gasteiger partial charge in [-0.25, -0.2) is 0 Å². The van der Waals surface area contributed by atoms with E-state index < -0.39 is 5.60 Å². The lowest BCUT2D eigenvalue weighted by atomic mass is 9.56. The standard InChI is InChI=1S/C31H35NO2/c1-3-30-16-17-31(34,26-11-5-4-6-12-26)21-27(30)13-7-9-24-19-25(14-15-28(24)30)29(33)20-23-10-8-18-32-22(23)2/h4-6,8,10-12,14-15,18-19,27,34H,3,7,9,13,16-17,20-21H2,1-2H3/t27-,30+,31+/m0/s1. The molecule has 1 fully saturated rings. The van der Waals surface area contributed by atoms with Crippen molar-refractivity contribution in [3.63, 3.8) is 0 Å². The van der Waals surface area contributed by atoms with Crippen LogP contribution in [0.2, 0.25) is 0 Å². The van der Waals surface area contributed by atoms with Crippen LogP contribution in [0, 0.1) is 12.8 Å². The molecule has 0 unspecified atom stereocenters. The third-order valence-electron chi connectivity index (χ3n) is 8.72. The van der Waals surface area contributed by atoms with E-state index in [0.29, 0.717) is 12.3 Å². The Hall–Kier alpha value is -2.78. The van der Waals surface area contributed by atoms with Crippen molar-refractivity contribution in [1.29, 1.82) is 0 Å². The van der Waals surface area contributed by atoms with Gasteiger partial charge in [-0.1, -0.05) is 55.5 Å². The summed E-state index contributed by atoms with van der Waals surface area (Å²) in [5, 5.41) is 11.7. The summed E-state index contributed by atoms with van der Waals surface area (Å²) >= 11 is 0. The highest BCUT2D eigenvalue weighted by Gasteiger charge is 2.50. The summed E-state index contributed by atoms with van der Waals surface area (Å²) in [6, 6.07) is 20.6. The average molecular weight is 454 g/mol. The number of nitrogens with zero attached hydrogens (tertiary/aromatic N) is 1. The van der Waals surface area contributed by atoms with Crippen LogP contribution in [-0.4, -0.2) is 15.9 Å². The normalized spacial score (nSPS) is 26.3. The summed E-state index contributed by atoms with van der Waals surface area (Å²) in [6.45, 7) is 4.27. The largest absolute Gasteiger partial charge is 0.385 e. The van der Waals surface area contributed by atoms with Crippen molar-refractivity contribution in [2.24, 2.45) is 5.92 Å². The van der Waals surface area contributed by atoms with Crippen molar-refractivity contribution >= 4 is 5.78 Å². The Morgan fingerprint density at radius 2 is 1.91 bits per heavy atom. The van der Waals surface area contributed by atoms with Crippen LogP contribution in [0.25, 0.3) is 0 Å². The van der Waals surface area contributed by atoms with Gasteiger partial charge in [0.2, 0.25) is 0 Å². The minimum atomic E-state index is -0.743. The molecular formula is C31H35NO2. The maximum absolute atomic E-state index is 13.2. The van der Waals surface area contributed by atoms with Gasteiger partial charge in [0.1, 0.15) is 0 Å². The van der Waals surface area contributed by atoms with E-state index in [9.17, 15) is 9.90 Å². The van der Waals surface area contributed by atoms with Crippen LogP contribution in [0.1, 0.15) is 83.8 Å². The first-order valence-corrected chi connectivity index (χ1v) is 12.8. The van der Waals surface area contributed by atoms with Crippen molar-refractivity contribution in [3.05, 3.63) is 100 Å². The number of aliphatic hydroxyl groups is 1. The molecule has 1 N–H and O–H groups in total. The first kappa shape index (κ1) is 23.0. The van der Waals surface area contributed by atoms with Crippen LogP contribution in [0.4, 0.5) is 0 Å². The Balaban J connectivity index is 1.45. The molecular weight excluding hydrogens is 418 g/mol. The van der Waals surface area contributed by atoms with Gasteiger partial charge in [0.25, 0.3) is 0 Å². The summed E-state index contributed by atoms with van der Waals surface area (Å²) in [4.78, 5) is 17.5. The molecule has 34 heavy (non-hydrogen) atoms. The fraction of sp³-hybridized carbons (Fsp3) is 0.419. The van der Waals surface area contributed by atoms with Gasteiger partial charge in [-0.05, 0) is 97.6 Å². The second-order valence-corrected chi connectivity index (χ2v) is 10.4. The Bertz CT molecular complexity index is 1190. The lowest BCUT2D eigenvalue weighted by Gasteiger charge is -2.50. The molecule has 0 saturated heterocycles. The number of benzene rings is 2. The Morgan fingerprint density at radius 1 is 1.09 bits per heavy atom. The van der Waals surface area contributed by atoms with Gasteiger partial charge in [-0.3, -0.25) is 9.78 Å². The molecule has 2 aliphatic rings. The maximum atomic E-state index is 13.2. The second-order valence-electron chi connectivity index (χ2n) is 10.4.